The summed E-state index contributed by atoms with van der Waals surface area (Å²) in [6.07, 6.45) is 5.60. The second-order valence-corrected chi connectivity index (χ2v) is 20.6. The third-order valence-corrected chi connectivity index (χ3v) is 14.0. The summed E-state index contributed by atoms with van der Waals surface area (Å²) in [6.45, 7) is 10.1. The van der Waals surface area contributed by atoms with Crippen molar-refractivity contribution in [2.24, 2.45) is 19.2 Å². The lowest BCUT2D eigenvalue weighted by molar-refractivity contribution is 0.252. The minimum atomic E-state index is -0.435. The Morgan fingerprint density at radius 3 is 1.54 bits per heavy atom. The molecule has 0 aliphatic heterocycles. The van der Waals surface area contributed by atoms with Gasteiger partial charge in [0.05, 0.1) is 17.5 Å². The number of amides is 2. The van der Waals surface area contributed by atoms with E-state index in [9.17, 15) is 9.59 Å². The fraction of sp³-hybridized carbons (Fsp3) is 0.176. The molecule has 14 nitrogen and oxygen atoms in total. The molecular weight excluding hydrogens is 1020 g/mol. The molecule has 0 radical (unpaired) electrons. The maximum Gasteiger partial charge on any atom is 0.348 e. The number of carbonyl (C=O) groups excluding carboxylic acids is 1. The Morgan fingerprint density at radius 1 is 0.549 bits per heavy atom. The van der Waals surface area contributed by atoms with E-state index >= 15 is 0 Å². The number of aryl methyl sites for hydroxylation is 2. The second-order valence-electron chi connectivity index (χ2n) is 20.6. The Labute approximate surface area is 477 Å². The van der Waals surface area contributed by atoms with Crippen molar-refractivity contribution in [3.8, 4) is 40.1 Å². The average molecular weight is 1090 g/mol. The number of aromatic nitrogens is 5. The maximum absolute atomic E-state index is 13.2. The molecule has 3 heterocycles. The van der Waals surface area contributed by atoms with Crippen LogP contribution in [0.25, 0.3) is 38.9 Å². The highest BCUT2D eigenvalue weighted by Gasteiger charge is 2.23. The van der Waals surface area contributed by atoms with Gasteiger partial charge in [-0.2, -0.15) is 10.2 Å². The molecule has 0 spiro atoms. The quantitative estimate of drug-likeness (QED) is 0.0539. The van der Waals surface area contributed by atoms with Crippen LogP contribution in [0.15, 0.2) is 216 Å². The third-order valence-electron chi connectivity index (χ3n) is 14.0. The molecule has 2 amide bonds. The van der Waals surface area contributed by atoms with E-state index < -0.39 is 6.03 Å². The number of hydrogen-bond acceptors (Lipinski definition) is 8. The first kappa shape index (κ1) is 55.2. The summed E-state index contributed by atoms with van der Waals surface area (Å²) in [7, 11) is 3.99. The lowest BCUT2D eigenvalue weighted by atomic mass is 9.98. The summed E-state index contributed by atoms with van der Waals surface area (Å²) in [5, 5.41) is 16.3. The van der Waals surface area contributed by atoms with Crippen LogP contribution in [0.1, 0.15) is 78.5 Å². The number of benzene rings is 8. The molecule has 0 saturated carbocycles. The van der Waals surface area contributed by atoms with Gasteiger partial charge in [-0.05, 0) is 106 Å². The van der Waals surface area contributed by atoms with Gasteiger partial charge in [0, 0.05) is 71.7 Å². The minimum absolute atomic E-state index is 0.155. The molecule has 0 aliphatic rings. The molecular formula is C68H66N8O6. The van der Waals surface area contributed by atoms with Crippen LogP contribution in [0.3, 0.4) is 0 Å². The fourth-order valence-electron chi connectivity index (χ4n) is 9.59. The monoisotopic (exact) mass is 1090 g/mol. The van der Waals surface area contributed by atoms with Crippen molar-refractivity contribution >= 4 is 39.7 Å². The van der Waals surface area contributed by atoms with Gasteiger partial charge in [0.1, 0.15) is 49.4 Å². The van der Waals surface area contributed by atoms with Crippen LogP contribution in [-0.2, 0) is 40.5 Å². The number of nitrogens with zero attached hydrogens (tertiary/aromatic N) is 5. The molecule has 0 saturated heterocycles. The van der Waals surface area contributed by atoms with Gasteiger partial charge in [0.2, 0.25) is 0 Å². The molecule has 11 aromatic rings. The van der Waals surface area contributed by atoms with Crippen LogP contribution >= 0.6 is 0 Å². The van der Waals surface area contributed by atoms with E-state index in [-0.39, 0.29) is 17.5 Å². The van der Waals surface area contributed by atoms with Crippen molar-refractivity contribution in [2.45, 2.75) is 66.0 Å². The molecule has 0 bridgehead atoms. The fourth-order valence-corrected chi connectivity index (χ4v) is 9.59. The second kappa shape index (κ2) is 25.8. The maximum atomic E-state index is 13.2. The van der Waals surface area contributed by atoms with Crippen molar-refractivity contribution in [3.05, 3.63) is 256 Å². The van der Waals surface area contributed by atoms with Crippen LogP contribution in [0.5, 0.6) is 23.0 Å². The number of aromatic amines is 1. The lowest BCUT2D eigenvalue weighted by Gasteiger charge is -2.20. The van der Waals surface area contributed by atoms with Crippen LogP contribution in [0.4, 0.5) is 10.5 Å². The van der Waals surface area contributed by atoms with Gasteiger partial charge < -0.3 is 33.4 Å². The molecule has 0 aliphatic carbocycles. The van der Waals surface area contributed by atoms with Crippen LogP contribution in [-0.4, -0.2) is 36.1 Å². The smallest absolute Gasteiger partial charge is 0.348 e. The van der Waals surface area contributed by atoms with Crippen molar-refractivity contribution < 1.29 is 23.7 Å². The zero-order chi connectivity index (χ0) is 57.0. The number of urea groups is 1. The van der Waals surface area contributed by atoms with E-state index in [2.05, 4.69) is 58.3 Å². The van der Waals surface area contributed by atoms with Crippen molar-refractivity contribution in [1.29, 1.82) is 0 Å². The highest BCUT2D eigenvalue weighted by Crippen LogP contribution is 2.40. The van der Waals surface area contributed by atoms with Crippen molar-refractivity contribution in [1.82, 2.24) is 29.3 Å². The summed E-state index contributed by atoms with van der Waals surface area (Å²) in [6, 6.07) is 63.3. The number of fused-ring (bicyclic) bond motifs is 2. The van der Waals surface area contributed by atoms with Gasteiger partial charge in [0.25, 0.3) is 0 Å². The van der Waals surface area contributed by atoms with Crippen LogP contribution < -0.4 is 35.4 Å². The molecule has 0 unspecified atom stereocenters. The molecule has 11 rings (SSSR count). The van der Waals surface area contributed by atoms with Gasteiger partial charge in [-0.1, -0.05) is 149 Å². The predicted octanol–water partition coefficient (Wildman–Crippen LogP) is 14.6. The molecule has 3 N–H and O–H groups in total. The van der Waals surface area contributed by atoms with Crippen LogP contribution in [0, 0.1) is 0 Å². The first-order chi connectivity index (χ1) is 39.9. The van der Waals surface area contributed by atoms with Gasteiger partial charge in [-0.25, -0.2) is 24.7 Å². The van der Waals surface area contributed by atoms with Gasteiger partial charge in [-0.3, -0.25) is 0 Å². The molecule has 8 aromatic carbocycles. The Balaban J connectivity index is 0.000000184. The van der Waals surface area contributed by atoms with E-state index in [1.54, 1.807) is 10.8 Å². The summed E-state index contributed by atoms with van der Waals surface area (Å²) in [5.41, 5.74) is 13.6. The SMILES string of the molecule is CC(C)c1cc(-c2n[nH]c(=O)n2-c2ccc3c(ccn3C)c2)c(OCc2ccccc2)cc1OCc1ccccc1.CC(C)c1cc(/C=N/NC(=O)Nc2ccc3c(ccn3C)c2)c(OCc2ccccc2)cc1OCc1ccccc1. The largest absolute Gasteiger partial charge is 0.488 e. The van der Waals surface area contributed by atoms with Gasteiger partial charge in [0.15, 0.2) is 5.82 Å². The number of hydrogen-bond donors (Lipinski definition) is 3. The van der Waals surface area contributed by atoms with Gasteiger partial charge in [-0.15, -0.1) is 0 Å². The van der Waals surface area contributed by atoms with E-state index in [1.165, 1.54) is 0 Å². The normalized spacial score (nSPS) is 11.3. The van der Waals surface area contributed by atoms with Crippen molar-refractivity contribution in [2.75, 3.05) is 5.32 Å². The summed E-state index contributed by atoms with van der Waals surface area (Å²) < 4.78 is 31.0. The highest BCUT2D eigenvalue weighted by molar-refractivity contribution is 5.94. The Kier molecular flexibility index (Phi) is 17.4. The molecule has 14 heteroatoms. The third kappa shape index (κ3) is 13.5. The topological polar surface area (TPSA) is 151 Å². The van der Waals surface area contributed by atoms with E-state index in [0.717, 1.165) is 77.9 Å². The lowest BCUT2D eigenvalue weighted by Crippen LogP contribution is -2.24. The summed E-state index contributed by atoms with van der Waals surface area (Å²) in [4.78, 5) is 25.8. The zero-order valence-corrected chi connectivity index (χ0v) is 46.9. The number of carbonyl (C=O) groups is 1. The number of nitrogens with one attached hydrogen (secondary N) is 3. The Hall–Kier alpha value is -10.1. The Morgan fingerprint density at radius 2 is 1.01 bits per heavy atom. The summed E-state index contributed by atoms with van der Waals surface area (Å²) in [5.74, 6) is 3.52. The molecule has 3 aromatic heterocycles. The molecule has 0 atom stereocenters. The minimum Gasteiger partial charge on any atom is -0.488 e. The van der Waals surface area contributed by atoms with Crippen LogP contribution in [0.2, 0.25) is 0 Å². The standard InChI is InChI=1S/C34H32N4O3.C34H34N4O3/c1-23(2)28-19-29(33-35-36-34(39)38(33)27-14-15-30-26(18-27)16-17-37(30)3)32(41-22-25-12-8-5-9-13-25)20-31(28)40-21-24-10-6-4-7-11-24;1-24(2)30-19-28(21-35-37-34(39)36-29-14-15-31-27(18-29)16-17-38(31)3)32(40-22-25-10-6-4-7-11-25)20-33(30)41-23-26-12-8-5-9-13-26/h4-20,23H,21-22H2,1-3H3,(H,36,39);4-21,24H,22-23H2,1-3H3,(H2,36,37,39)/b;35-21+. The number of rotatable bonds is 19. The Bertz CT molecular complexity index is 4020. The molecule has 82 heavy (non-hydrogen) atoms. The first-order valence-corrected chi connectivity index (χ1v) is 27.3. The number of H-pyrrole nitrogens is 1. The highest BCUT2D eigenvalue weighted by atomic mass is 16.5. The van der Waals surface area contributed by atoms with E-state index in [1.807, 2.05) is 225 Å². The zero-order valence-electron chi connectivity index (χ0n) is 46.9. The predicted molar refractivity (Wildman–Crippen MR) is 326 cm³/mol. The van der Waals surface area contributed by atoms with E-state index in [0.29, 0.717) is 55.0 Å². The van der Waals surface area contributed by atoms with E-state index in [4.69, 9.17) is 18.9 Å². The molecule has 0 fully saturated rings. The number of ether oxygens (including phenoxy) is 4. The molecule has 414 valence electrons. The van der Waals surface area contributed by atoms with Crippen molar-refractivity contribution in [3.63, 3.8) is 0 Å². The first-order valence-electron chi connectivity index (χ1n) is 27.3. The summed E-state index contributed by atoms with van der Waals surface area (Å²) >= 11 is 0. The van der Waals surface area contributed by atoms with Gasteiger partial charge >= 0.3 is 11.7 Å². The average Bonchev–Trinajstić information content (AvgIpc) is 4.40. The number of hydrazone groups is 1. The number of anilines is 1.